The molecule has 1 aromatic rings. The van der Waals surface area contributed by atoms with Crippen LogP contribution in [0.2, 0.25) is 0 Å². The zero-order valence-corrected chi connectivity index (χ0v) is 11.9. The molecule has 0 aromatic carbocycles. The van der Waals surface area contributed by atoms with Crippen LogP contribution in [0.1, 0.15) is 5.56 Å². The van der Waals surface area contributed by atoms with Crippen LogP contribution in [0.4, 0.5) is 5.82 Å². The maximum absolute atomic E-state index is 11.5. The summed E-state index contributed by atoms with van der Waals surface area (Å²) in [4.78, 5) is 3.94. The summed E-state index contributed by atoms with van der Waals surface area (Å²) in [7, 11) is -2.09. The van der Waals surface area contributed by atoms with Crippen LogP contribution in [0, 0.1) is 6.92 Å². The molecule has 1 rings (SSSR count). The van der Waals surface area contributed by atoms with Gasteiger partial charge in [-0.2, -0.15) is 13.1 Å². The van der Waals surface area contributed by atoms with Gasteiger partial charge in [-0.15, -0.1) is 0 Å². The van der Waals surface area contributed by atoms with Crippen LogP contribution < -0.4 is 9.44 Å². The van der Waals surface area contributed by atoms with E-state index in [9.17, 15) is 8.42 Å². The fraction of sp³-hybridized carbons (Fsp3) is 0.444. The lowest BCUT2D eigenvalue weighted by Crippen LogP contribution is -2.32. The van der Waals surface area contributed by atoms with Gasteiger partial charge in [-0.25, -0.2) is 4.98 Å². The van der Waals surface area contributed by atoms with Gasteiger partial charge < -0.3 is 4.74 Å². The molecule has 8 heteroatoms. The Morgan fingerprint density at radius 2 is 2.24 bits per heavy atom. The Labute approximate surface area is 109 Å². The smallest absolute Gasteiger partial charge is 0.300 e. The van der Waals surface area contributed by atoms with Gasteiger partial charge in [-0.05, 0) is 34.5 Å². The van der Waals surface area contributed by atoms with Crippen molar-refractivity contribution in [2.75, 3.05) is 25.0 Å². The van der Waals surface area contributed by atoms with E-state index in [4.69, 9.17) is 4.74 Å². The highest BCUT2D eigenvalue weighted by atomic mass is 79.9. The van der Waals surface area contributed by atoms with Gasteiger partial charge in [-0.1, -0.05) is 0 Å². The molecule has 0 aliphatic rings. The van der Waals surface area contributed by atoms with E-state index in [0.29, 0.717) is 6.61 Å². The highest BCUT2D eigenvalue weighted by Gasteiger charge is 2.10. The lowest BCUT2D eigenvalue weighted by Gasteiger charge is -2.09. The highest BCUT2D eigenvalue weighted by Crippen LogP contribution is 2.17. The van der Waals surface area contributed by atoms with Crippen molar-refractivity contribution in [1.82, 2.24) is 9.71 Å². The van der Waals surface area contributed by atoms with Crippen molar-refractivity contribution in [3.05, 3.63) is 22.3 Å². The first-order chi connectivity index (χ1) is 7.94. The Hall–Kier alpha value is -0.700. The number of halogens is 1. The first kappa shape index (κ1) is 14.4. The van der Waals surface area contributed by atoms with Gasteiger partial charge in [-0.3, -0.25) is 4.72 Å². The molecule has 0 bridgehead atoms. The molecule has 0 saturated heterocycles. The predicted molar refractivity (Wildman–Crippen MR) is 69.1 cm³/mol. The third kappa shape index (κ3) is 4.99. The van der Waals surface area contributed by atoms with Crippen LogP contribution in [0.5, 0.6) is 0 Å². The molecule has 1 heterocycles. The average molecular weight is 324 g/mol. The number of aromatic nitrogens is 1. The standard InChI is InChI=1S/C9H14BrN3O3S/c1-7-5-9(11-6-8(7)10)13-17(14,15)12-3-4-16-2/h5-6,12H,3-4H2,1-2H3,(H,11,13). The maximum Gasteiger partial charge on any atom is 0.300 e. The quantitative estimate of drug-likeness (QED) is 0.767. The molecule has 0 saturated carbocycles. The number of hydrogen-bond acceptors (Lipinski definition) is 4. The second-order valence-electron chi connectivity index (χ2n) is 3.31. The first-order valence-corrected chi connectivity index (χ1v) is 7.11. The molecule has 0 fully saturated rings. The minimum absolute atomic E-state index is 0.210. The van der Waals surface area contributed by atoms with Gasteiger partial charge in [0.25, 0.3) is 10.2 Å². The Morgan fingerprint density at radius 3 is 2.82 bits per heavy atom. The van der Waals surface area contributed by atoms with Crippen LogP contribution in [-0.4, -0.2) is 33.7 Å². The van der Waals surface area contributed by atoms with E-state index in [2.05, 4.69) is 30.4 Å². The Morgan fingerprint density at radius 1 is 1.53 bits per heavy atom. The molecule has 0 atom stereocenters. The number of hydrogen-bond donors (Lipinski definition) is 2. The first-order valence-electron chi connectivity index (χ1n) is 4.83. The second kappa shape index (κ2) is 6.29. The third-order valence-electron chi connectivity index (χ3n) is 1.88. The van der Waals surface area contributed by atoms with Crippen molar-refractivity contribution >= 4 is 32.0 Å². The Kier molecular flexibility index (Phi) is 5.31. The summed E-state index contributed by atoms with van der Waals surface area (Å²) < 4.78 is 33.3. The number of anilines is 1. The molecule has 96 valence electrons. The maximum atomic E-state index is 11.5. The number of nitrogens with zero attached hydrogens (tertiary/aromatic N) is 1. The fourth-order valence-electron chi connectivity index (χ4n) is 1.05. The van der Waals surface area contributed by atoms with Crippen molar-refractivity contribution < 1.29 is 13.2 Å². The van der Waals surface area contributed by atoms with Gasteiger partial charge in [0.15, 0.2) is 0 Å². The van der Waals surface area contributed by atoms with Gasteiger partial charge in [0.05, 0.1) is 6.61 Å². The van der Waals surface area contributed by atoms with E-state index in [-0.39, 0.29) is 12.4 Å². The lowest BCUT2D eigenvalue weighted by atomic mass is 10.3. The molecule has 1 aromatic heterocycles. The molecule has 6 nitrogen and oxygen atoms in total. The normalized spacial score (nSPS) is 11.5. The van der Waals surface area contributed by atoms with Crippen molar-refractivity contribution in [2.45, 2.75) is 6.92 Å². The molecular formula is C9H14BrN3O3S. The molecular weight excluding hydrogens is 310 g/mol. The number of ether oxygens (including phenoxy) is 1. The fourth-order valence-corrected chi connectivity index (χ4v) is 2.08. The number of pyridine rings is 1. The van der Waals surface area contributed by atoms with Crippen molar-refractivity contribution in [2.24, 2.45) is 0 Å². The van der Waals surface area contributed by atoms with Crippen LogP contribution >= 0.6 is 15.9 Å². The van der Waals surface area contributed by atoms with Gasteiger partial charge in [0.2, 0.25) is 0 Å². The summed E-state index contributed by atoms with van der Waals surface area (Å²) >= 11 is 3.29. The molecule has 0 spiro atoms. The molecule has 0 aliphatic carbocycles. The number of rotatable bonds is 6. The summed E-state index contributed by atoms with van der Waals surface area (Å²) in [6, 6.07) is 1.64. The van der Waals surface area contributed by atoms with Crippen molar-refractivity contribution in [1.29, 1.82) is 0 Å². The van der Waals surface area contributed by atoms with E-state index >= 15 is 0 Å². The number of methoxy groups -OCH3 is 1. The number of aryl methyl sites for hydroxylation is 1. The van der Waals surface area contributed by atoms with Crippen LogP contribution in [-0.2, 0) is 14.9 Å². The van der Waals surface area contributed by atoms with Crippen LogP contribution in [0.25, 0.3) is 0 Å². The van der Waals surface area contributed by atoms with Gasteiger partial charge in [0, 0.05) is 24.3 Å². The monoisotopic (exact) mass is 323 g/mol. The third-order valence-corrected chi connectivity index (χ3v) is 3.78. The van der Waals surface area contributed by atoms with E-state index in [0.717, 1.165) is 10.0 Å². The van der Waals surface area contributed by atoms with E-state index < -0.39 is 10.2 Å². The highest BCUT2D eigenvalue weighted by molar-refractivity contribution is 9.10. The van der Waals surface area contributed by atoms with E-state index in [1.165, 1.54) is 7.11 Å². The SMILES string of the molecule is COCCNS(=O)(=O)Nc1cc(C)c(Br)cn1. The Balaban J connectivity index is 2.66. The Bertz CT molecular complexity index is 478. The molecule has 17 heavy (non-hydrogen) atoms. The zero-order valence-electron chi connectivity index (χ0n) is 9.53. The topological polar surface area (TPSA) is 80.3 Å². The summed E-state index contributed by atoms with van der Waals surface area (Å²) in [5.74, 6) is 0.274. The zero-order chi connectivity index (χ0) is 12.9. The van der Waals surface area contributed by atoms with E-state index in [1.54, 1.807) is 12.3 Å². The molecule has 0 unspecified atom stereocenters. The van der Waals surface area contributed by atoms with Crippen LogP contribution in [0.3, 0.4) is 0 Å². The molecule has 0 amide bonds. The minimum atomic E-state index is -3.59. The summed E-state index contributed by atoms with van der Waals surface area (Å²) in [6.45, 7) is 2.37. The number of nitrogens with one attached hydrogen (secondary N) is 2. The van der Waals surface area contributed by atoms with Crippen LogP contribution in [0.15, 0.2) is 16.7 Å². The largest absolute Gasteiger partial charge is 0.383 e. The minimum Gasteiger partial charge on any atom is -0.383 e. The summed E-state index contributed by atoms with van der Waals surface area (Å²) in [5, 5.41) is 0. The van der Waals surface area contributed by atoms with Gasteiger partial charge >= 0.3 is 0 Å². The summed E-state index contributed by atoms with van der Waals surface area (Å²) in [6.07, 6.45) is 1.54. The predicted octanol–water partition coefficient (Wildman–Crippen LogP) is 1.05. The summed E-state index contributed by atoms with van der Waals surface area (Å²) in [5.41, 5.74) is 0.898. The molecule has 0 aliphatic heterocycles. The lowest BCUT2D eigenvalue weighted by molar-refractivity contribution is 0.204. The molecule has 0 radical (unpaired) electrons. The van der Waals surface area contributed by atoms with Gasteiger partial charge in [0.1, 0.15) is 5.82 Å². The van der Waals surface area contributed by atoms with E-state index in [1.807, 2.05) is 6.92 Å². The average Bonchev–Trinajstić information content (AvgIpc) is 2.23. The van der Waals surface area contributed by atoms with Crippen molar-refractivity contribution in [3.63, 3.8) is 0 Å². The second-order valence-corrected chi connectivity index (χ2v) is 5.67. The molecule has 2 N–H and O–H groups in total. The van der Waals surface area contributed by atoms with Crippen molar-refractivity contribution in [3.8, 4) is 0 Å².